The van der Waals surface area contributed by atoms with Crippen LogP contribution in [-0.4, -0.2) is 79.1 Å². The summed E-state index contributed by atoms with van der Waals surface area (Å²) in [5.41, 5.74) is 0.540. The smallest absolute Gasteiger partial charge is 0.318 e. The van der Waals surface area contributed by atoms with Crippen molar-refractivity contribution in [3.63, 3.8) is 0 Å². The van der Waals surface area contributed by atoms with E-state index >= 15 is 0 Å². The van der Waals surface area contributed by atoms with Crippen LogP contribution < -0.4 is 9.47 Å². The number of hydrogen-bond acceptors (Lipinski definition) is 12. The number of aliphatic hydroxyl groups is 1. The lowest BCUT2D eigenvalue weighted by Gasteiger charge is -2.29. The van der Waals surface area contributed by atoms with Crippen LogP contribution in [-0.2, 0) is 39.8 Å². The maximum Gasteiger partial charge on any atom is 0.318 e. The second-order valence-electron chi connectivity index (χ2n) is 11.1. The van der Waals surface area contributed by atoms with Gasteiger partial charge in [-0.3, -0.25) is 19.2 Å². The number of carbonyl (C=O) groups is 4. The number of amides is 1. The van der Waals surface area contributed by atoms with Crippen LogP contribution in [0.1, 0.15) is 50.7 Å². The summed E-state index contributed by atoms with van der Waals surface area (Å²) < 4.78 is 32.9. The quantitative estimate of drug-likeness (QED) is 0.158. The molecule has 1 aliphatic heterocycles. The average Bonchev–Trinajstić information content (AvgIpc) is 3.05. The van der Waals surface area contributed by atoms with Crippen molar-refractivity contribution in [2.24, 2.45) is 28.7 Å². The number of pyridine rings is 1. The van der Waals surface area contributed by atoms with Crippen LogP contribution in [0.5, 0.6) is 11.5 Å². The summed E-state index contributed by atoms with van der Waals surface area (Å²) in [6.45, 7) is 7.43. The van der Waals surface area contributed by atoms with E-state index in [0.29, 0.717) is 0 Å². The fourth-order valence-corrected chi connectivity index (χ4v) is 4.22. The summed E-state index contributed by atoms with van der Waals surface area (Å²) in [7, 11) is 1.36. The van der Waals surface area contributed by atoms with Crippen LogP contribution in [0.15, 0.2) is 47.6 Å². The number of nitrogens with zero attached hydrogens (tertiary/aromatic N) is 2. The molecule has 1 amide bonds. The van der Waals surface area contributed by atoms with E-state index in [-0.39, 0.29) is 29.5 Å². The van der Waals surface area contributed by atoms with Crippen molar-refractivity contribution < 1.29 is 52.7 Å². The van der Waals surface area contributed by atoms with E-state index in [1.54, 1.807) is 27.7 Å². The minimum atomic E-state index is -1.27. The molecule has 45 heavy (non-hydrogen) atoms. The Hall–Kier alpha value is -4.36. The van der Waals surface area contributed by atoms with Gasteiger partial charge in [0.25, 0.3) is 5.91 Å². The van der Waals surface area contributed by atoms with Gasteiger partial charge < -0.3 is 33.5 Å². The maximum atomic E-state index is 13.4. The van der Waals surface area contributed by atoms with Crippen molar-refractivity contribution in [1.29, 1.82) is 0 Å². The van der Waals surface area contributed by atoms with Crippen molar-refractivity contribution >= 4 is 30.0 Å². The first kappa shape index (κ1) is 35.1. The lowest BCUT2D eigenvalue weighted by molar-refractivity contribution is -0.176. The zero-order valence-electron chi connectivity index (χ0n) is 26.2. The van der Waals surface area contributed by atoms with Gasteiger partial charge in [-0.15, -0.1) is 0 Å². The Morgan fingerprint density at radius 1 is 1.11 bits per heavy atom. The Bertz CT molecular complexity index is 1350. The Morgan fingerprint density at radius 2 is 1.82 bits per heavy atom. The number of cyclic esters (lactones) is 2. The average molecular weight is 629 g/mol. The first-order chi connectivity index (χ1) is 21.4. The molecule has 13 heteroatoms. The number of aromatic nitrogens is 1. The second-order valence-corrected chi connectivity index (χ2v) is 11.1. The minimum absolute atomic E-state index is 0.0891. The van der Waals surface area contributed by atoms with E-state index in [2.05, 4.69) is 9.98 Å². The van der Waals surface area contributed by atoms with E-state index in [0.717, 1.165) is 11.8 Å². The number of carbonyl (C=O) groups excluding carboxylic acids is 4. The number of methoxy groups -OCH3 is 1. The molecule has 2 aromatic rings. The molecule has 1 fully saturated rings. The van der Waals surface area contributed by atoms with Crippen LogP contribution in [0.2, 0.25) is 0 Å². The standard InChI is InChI=1S/C32H40N2O11/c1-18(2)29(36)43-17-42-27-24(40-6)12-13-33-25(27)28(35)34-15-22-16-41-32(39)23(14-21-10-8-7-9-11-21)26(20(5)44-31(22)38)45-30(37)19(3)4/h7-13,15,18-20,22-23,26,29,36H,14,16-17H2,1-6H3/t20-,22?,23+,26-,29?/m0/s1. The van der Waals surface area contributed by atoms with Crippen LogP contribution in [0, 0.1) is 23.7 Å². The fourth-order valence-electron chi connectivity index (χ4n) is 4.22. The molecule has 1 aromatic carbocycles. The Balaban J connectivity index is 1.84. The summed E-state index contributed by atoms with van der Waals surface area (Å²) in [4.78, 5) is 60.2. The molecule has 0 aliphatic carbocycles. The number of aliphatic imine (C=N–C) groups is 1. The van der Waals surface area contributed by atoms with Gasteiger partial charge >= 0.3 is 17.9 Å². The minimum Gasteiger partial charge on any atom is -0.493 e. The van der Waals surface area contributed by atoms with Gasteiger partial charge in [0.2, 0.25) is 0 Å². The Kier molecular flexibility index (Phi) is 13.0. The lowest BCUT2D eigenvalue weighted by Crippen LogP contribution is -2.43. The molecule has 3 rings (SSSR count). The number of aliphatic hydroxyl groups excluding tert-OH is 1. The summed E-state index contributed by atoms with van der Waals surface area (Å²) >= 11 is 0. The zero-order valence-corrected chi connectivity index (χ0v) is 26.2. The monoisotopic (exact) mass is 628 g/mol. The third kappa shape index (κ3) is 9.82. The van der Waals surface area contributed by atoms with Crippen molar-refractivity contribution in [2.75, 3.05) is 20.5 Å². The topological polar surface area (TPSA) is 169 Å². The van der Waals surface area contributed by atoms with Gasteiger partial charge in [-0.2, -0.15) is 0 Å². The predicted molar refractivity (Wildman–Crippen MR) is 159 cm³/mol. The van der Waals surface area contributed by atoms with E-state index in [1.165, 1.54) is 26.3 Å². The van der Waals surface area contributed by atoms with Gasteiger partial charge in [-0.05, 0) is 18.9 Å². The normalized spacial score (nSPS) is 21.4. The number of ether oxygens (including phenoxy) is 6. The van der Waals surface area contributed by atoms with Gasteiger partial charge in [0.05, 0.1) is 13.0 Å². The molecule has 1 N–H and O–H groups in total. The molecule has 244 valence electrons. The van der Waals surface area contributed by atoms with Gasteiger partial charge in [0.1, 0.15) is 24.5 Å². The summed E-state index contributed by atoms with van der Waals surface area (Å²) in [6.07, 6.45) is -0.803. The molecule has 13 nitrogen and oxygen atoms in total. The Morgan fingerprint density at radius 3 is 2.47 bits per heavy atom. The number of esters is 3. The largest absolute Gasteiger partial charge is 0.493 e. The fraction of sp³-hybridized carbons (Fsp3) is 0.500. The second kappa shape index (κ2) is 16.6. The van der Waals surface area contributed by atoms with Gasteiger partial charge in [-0.1, -0.05) is 58.0 Å². The summed E-state index contributed by atoms with van der Waals surface area (Å²) in [6, 6.07) is 10.6. The number of hydrogen-bond donors (Lipinski definition) is 1. The molecule has 1 aromatic heterocycles. The molecule has 2 unspecified atom stereocenters. The summed E-state index contributed by atoms with van der Waals surface area (Å²) in [5.74, 6) is -5.89. The number of benzene rings is 1. The molecule has 5 atom stereocenters. The number of rotatable bonds is 12. The zero-order chi connectivity index (χ0) is 33.1. The van der Waals surface area contributed by atoms with Crippen molar-refractivity contribution in [2.45, 2.75) is 59.5 Å². The Labute approximate surface area is 261 Å². The maximum absolute atomic E-state index is 13.4. The first-order valence-corrected chi connectivity index (χ1v) is 14.6. The molecular weight excluding hydrogens is 588 g/mol. The summed E-state index contributed by atoms with van der Waals surface area (Å²) in [5, 5.41) is 9.89. The van der Waals surface area contributed by atoms with E-state index in [1.807, 2.05) is 30.3 Å². The van der Waals surface area contributed by atoms with E-state index < -0.39 is 73.5 Å². The predicted octanol–water partition coefficient (Wildman–Crippen LogP) is 3.16. The highest BCUT2D eigenvalue weighted by Gasteiger charge is 2.41. The molecular formula is C32H40N2O11. The molecule has 0 spiro atoms. The van der Waals surface area contributed by atoms with Crippen LogP contribution in [0.4, 0.5) is 0 Å². The van der Waals surface area contributed by atoms with Gasteiger partial charge in [-0.25, -0.2) is 9.98 Å². The van der Waals surface area contributed by atoms with Crippen molar-refractivity contribution in [3.05, 3.63) is 53.9 Å². The molecule has 2 heterocycles. The lowest BCUT2D eigenvalue weighted by atomic mass is 9.91. The van der Waals surface area contributed by atoms with Gasteiger partial charge in [0, 0.05) is 24.4 Å². The molecule has 0 bridgehead atoms. The molecule has 1 aliphatic rings. The molecule has 0 saturated carbocycles. The van der Waals surface area contributed by atoms with Crippen LogP contribution in [0.3, 0.4) is 0 Å². The third-order valence-electron chi connectivity index (χ3n) is 6.87. The highest BCUT2D eigenvalue weighted by molar-refractivity contribution is 6.03. The highest BCUT2D eigenvalue weighted by atomic mass is 16.7. The van der Waals surface area contributed by atoms with Gasteiger partial charge in [0.15, 0.2) is 36.4 Å². The third-order valence-corrected chi connectivity index (χ3v) is 6.87. The molecule has 0 radical (unpaired) electrons. The van der Waals surface area contributed by atoms with Crippen LogP contribution >= 0.6 is 0 Å². The SMILES string of the molecule is COc1ccnc(C(=O)N=CC2COC(=O)[C@H](Cc3ccccc3)[C@@H](OC(=O)C(C)C)[C@H](C)OC2=O)c1OCOC(O)C(C)C. The van der Waals surface area contributed by atoms with Crippen molar-refractivity contribution in [3.8, 4) is 11.5 Å². The van der Waals surface area contributed by atoms with E-state index in [4.69, 9.17) is 28.4 Å². The highest BCUT2D eigenvalue weighted by Crippen LogP contribution is 2.30. The molecule has 1 saturated heterocycles. The first-order valence-electron chi connectivity index (χ1n) is 14.6. The van der Waals surface area contributed by atoms with Crippen molar-refractivity contribution in [1.82, 2.24) is 4.98 Å². The van der Waals surface area contributed by atoms with E-state index in [9.17, 15) is 24.3 Å². The van der Waals surface area contributed by atoms with Crippen LogP contribution in [0.25, 0.3) is 0 Å².